The summed E-state index contributed by atoms with van der Waals surface area (Å²) < 4.78 is 0. The Bertz CT molecular complexity index is 1000. The van der Waals surface area contributed by atoms with Crippen molar-refractivity contribution in [2.45, 2.75) is 51.0 Å². The van der Waals surface area contributed by atoms with Crippen LogP contribution in [0.5, 0.6) is 0 Å². The highest BCUT2D eigenvalue weighted by Gasteiger charge is 2.26. The van der Waals surface area contributed by atoms with Gasteiger partial charge in [-0.05, 0) is 37.3 Å². The van der Waals surface area contributed by atoms with E-state index in [-0.39, 0.29) is 5.91 Å². The first kappa shape index (κ1) is 20.4. The minimum absolute atomic E-state index is 0.139. The van der Waals surface area contributed by atoms with Crippen molar-refractivity contribution in [3.8, 4) is 0 Å². The average Bonchev–Trinajstić information content (AvgIpc) is 3.47. The molecule has 1 saturated heterocycles. The number of halogens is 1. The number of rotatable bonds is 5. The van der Waals surface area contributed by atoms with E-state index in [1.165, 1.54) is 31.3 Å². The molecule has 7 nitrogen and oxygen atoms in total. The van der Waals surface area contributed by atoms with E-state index in [1.54, 1.807) is 23.5 Å². The fourth-order valence-corrected chi connectivity index (χ4v) is 5.08. The molecule has 162 valence electrons. The third-order valence-electron chi connectivity index (χ3n) is 6.43. The van der Waals surface area contributed by atoms with Gasteiger partial charge in [0.2, 0.25) is 11.9 Å². The first-order valence-electron chi connectivity index (χ1n) is 11.2. The molecule has 0 radical (unpaired) electrons. The molecule has 2 aliphatic heterocycles. The highest BCUT2D eigenvalue weighted by Crippen LogP contribution is 2.31. The number of nitrogens with one attached hydrogen (secondary N) is 1. The Balaban J connectivity index is 1.34. The molecule has 2 aromatic heterocycles. The van der Waals surface area contributed by atoms with E-state index >= 15 is 0 Å². The lowest BCUT2D eigenvalue weighted by atomic mass is 10.0. The molecule has 1 aliphatic carbocycles. The zero-order chi connectivity index (χ0) is 21.2. The molecule has 1 saturated carbocycles. The molecular formula is C23H27ClN6O. The average molecular weight is 439 g/mol. The Kier molecular flexibility index (Phi) is 5.87. The van der Waals surface area contributed by atoms with Gasteiger partial charge in [0.1, 0.15) is 0 Å². The van der Waals surface area contributed by atoms with Crippen LogP contribution in [0.1, 0.15) is 50.6 Å². The zero-order valence-electron chi connectivity index (χ0n) is 17.6. The molecule has 0 atom stereocenters. The quantitative estimate of drug-likeness (QED) is 0.744. The Hall–Kier alpha value is -2.51. The second kappa shape index (κ2) is 8.93. The summed E-state index contributed by atoms with van der Waals surface area (Å²) in [7, 11) is 0. The van der Waals surface area contributed by atoms with Crippen molar-refractivity contribution in [3.63, 3.8) is 0 Å². The molecule has 2 fully saturated rings. The fourth-order valence-electron chi connectivity index (χ4n) is 4.87. The number of hydrogen-bond acceptors (Lipinski definition) is 6. The lowest BCUT2D eigenvalue weighted by Gasteiger charge is -2.32. The second-order valence-corrected chi connectivity index (χ2v) is 8.93. The number of carbonyl (C=O) groups is 1. The molecule has 2 aromatic rings. The third-order valence-corrected chi connectivity index (χ3v) is 6.71. The molecule has 8 heteroatoms. The zero-order valence-corrected chi connectivity index (χ0v) is 18.3. The topological polar surface area (TPSA) is 74.2 Å². The van der Waals surface area contributed by atoms with E-state index in [0.717, 1.165) is 49.5 Å². The van der Waals surface area contributed by atoms with Crippen LogP contribution in [0.15, 0.2) is 30.7 Å². The maximum Gasteiger partial charge on any atom is 0.227 e. The van der Waals surface area contributed by atoms with Crippen LogP contribution in [0, 0.1) is 0 Å². The summed E-state index contributed by atoms with van der Waals surface area (Å²) in [6.07, 6.45) is 15.1. The SMILES string of the molecule is O=C1CCCN1c1cncc(Nc2ncc(Cl)c(C3=CCCN(C4CCCC4)C3)n2)c1. The number of hydrogen-bond donors (Lipinski definition) is 1. The van der Waals surface area contributed by atoms with Crippen molar-refractivity contribution in [3.05, 3.63) is 41.4 Å². The van der Waals surface area contributed by atoms with Gasteiger partial charge in [0.15, 0.2) is 0 Å². The lowest BCUT2D eigenvalue weighted by molar-refractivity contribution is -0.117. The summed E-state index contributed by atoms with van der Waals surface area (Å²) in [4.78, 5) is 29.8. The van der Waals surface area contributed by atoms with Crippen LogP contribution in [0.3, 0.4) is 0 Å². The summed E-state index contributed by atoms with van der Waals surface area (Å²) in [5, 5.41) is 3.80. The molecule has 0 spiro atoms. The summed E-state index contributed by atoms with van der Waals surface area (Å²) >= 11 is 6.50. The Morgan fingerprint density at radius 1 is 1.10 bits per heavy atom. The number of anilines is 3. The van der Waals surface area contributed by atoms with E-state index in [1.807, 2.05) is 6.07 Å². The fraction of sp³-hybridized carbons (Fsp3) is 0.478. The van der Waals surface area contributed by atoms with E-state index in [2.05, 4.69) is 26.3 Å². The van der Waals surface area contributed by atoms with Crippen molar-refractivity contribution < 1.29 is 4.79 Å². The van der Waals surface area contributed by atoms with Crippen molar-refractivity contribution in [2.24, 2.45) is 0 Å². The summed E-state index contributed by atoms with van der Waals surface area (Å²) in [6, 6.07) is 2.60. The van der Waals surface area contributed by atoms with Crippen LogP contribution in [0.25, 0.3) is 5.57 Å². The molecule has 0 unspecified atom stereocenters. The van der Waals surface area contributed by atoms with E-state index in [4.69, 9.17) is 16.6 Å². The van der Waals surface area contributed by atoms with E-state index in [0.29, 0.717) is 23.4 Å². The van der Waals surface area contributed by atoms with Gasteiger partial charge >= 0.3 is 0 Å². The van der Waals surface area contributed by atoms with Gasteiger partial charge in [-0.2, -0.15) is 0 Å². The molecule has 0 bridgehead atoms. The number of carbonyl (C=O) groups excluding carboxylic acids is 1. The van der Waals surface area contributed by atoms with Gasteiger partial charge in [0.05, 0.1) is 40.7 Å². The van der Waals surface area contributed by atoms with Crippen LogP contribution in [0.4, 0.5) is 17.3 Å². The van der Waals surface area contributed by atoms with Gasteiger partial charge in [-0.3, -0.25) is 14.7 Å². The number of pyridine rings is 1. The molecule has 0 aromatic carbocycles. The van der Waals surface area contributed by atoms with Crippen molar-refractivity contribution in [2.75, 3.05) is 29.9 Å². The minimum Gasteiger partial charge on any atom is -0.323 e. The molecule has 31 heavy (non-hydrogen) atoms. The van der Waals surface area contributed by atoms with Crippen molar-refractivity contribution >= 4 is 40.4 Å². The first-order chi connectivity index (χ1) is 15.2. The van der Waals surface area contributed by atoms with Crippen LogP contribution in [-0.4, -0.2) is 51.4 Å². The number of nitrogens with zero attached hydrogens (tertiary/aromatic N) is 5. The maximum absolute atomic E-state index is 12.1. The number of amides is 1. The van der Waals surface area contributed by atoms with Crippen LogP contribution in [0.2, 0.25) is 5.02 Å². The van der Waals surface area contributed by atoms with Crippen LogP contribution >= 0.6 is 11.6 Å². The molecule has 3 aliphatic rings. The van der Waals surface area contributed by atoms with Crippen LogP contribution < -0.4 is 10.2 Å². The first-order valence-corrected chi connectivity index (χ1v) is 11.5. The summed E-state index contributed by atoms with van der Waals surface area (Å²) in [5.41, 5.74) is 3.50. The Labute approximate surface area is 187 Å². The van der Waals surface area contributed by atoms with Crippen molar-refractivity contribution in [1.29, 1.82) is 0 Å². The standard InChI is InChI=1S/C23H27ClN6O/c24-20-14-26-23(27-17-11-19(13-25-12-17)30-10-4-8-21(30)31)28-22(20)16-5-3-9-29(15-16)18-6-1-2-7-18/h5,11-14,18H,1-4,6-10,15H2,(H,26,27,28). The molecular weight excluding hydrogens is 412 g/mol. The maximum atomic E-state index is 12.1. The Morgan fingerprint density at radius 2 is 1.97 bits per heavy atom. The monoisotopic (exact) mass is 438 g/mol. The normalized spacial score (nSPS) is 20.4. The predicted octanol–water partition coefficient (Wildman–Crippen LogP) is 4.43. The molecule has 1 N–H and O–H groups in total. The smallest absolute Gasteiger partial charge is 0.227 e. The van der Waals surface area contributed by atoms with Gasteiger partial charge in [-0.25, -0.2) is 9.97 Å². The van der Waals surface area contributed by atoms with Gasteiger partial charge in [-0.1, -0.05) is 30.5 Å². The second-order valence-electron chi connectivity index (χ2n) is 8.52. The van der Waals surface area contributed by atoms with Crippen LogP contribution in [-0.2, 0) is 4.79 Å². The highest BCUT2D eigenvalue weighted by atomic mass is 35.5. The molecule has 4 heterocycles. The largest absolute Gasteiger partial charge is 0.323 e. The predicted molar refractivity (Wildman–Crippen MR) is 123 cm³/mol. The lowest BCUT2D eigenvalue weighted by Crippen LogP contribution is -2.37. The Morgan fingerprint density at radius 3 is 2.77 bits per heavy atom. The van der Waals surface area contributed by atoms with Gasteiger partial charge in [0, 0.05) is 32.1 Å². The highest BCUT2D eigenvalue weighted by molar-refractivity contribution is 6.32. The van der Waals surface area contributed by atoms with Gasteiger partial charge < -0.3 is 10.2 Å². The molecule has 1 amide bonds. The van der Waals surface area contributed by atoms with Gasteiger partial charge in [-0.15, -0.1) is 0 Å². The number of aromatic nitrogens is 3. The van der Waals surface area contributed by atoms with Crippen molar-refractivity contribution in [1.82, 2.24) is 19.9 Å². The third kappa shape index (κ3) is 4.43. The summed E-state index contributed by atoms with van der Waals surface area (Å²) in [6.45, 7) is 2.72. The molecule has 5 rings (SSSR count). The van der Waals surface area contributed by atoms with E-state index in [9.17, 15) is 4.79 Å². The van der Waals surface area contributed by atoms with E-state index < -0.39 is 0 Å². The summed E-state index contributed by atoms with van der Waals surface area (Å²) in [5.74, 6) is 0.616. The minimum atomic E-state index is 0.139. The van der Waals surface area contributed by atoms with Gasteiger partial charge in [0.25, 0.3) is 0 Å².